The van der Waals surface area contributed by atoms with Gasteiger partial charge in [-0.15, -0.1) is 0 Å². The molecule has 0 aliphatic heterocycles. The summed E-state index contributed by atoms with van der Waals surface area (Å²) >= 11 is 0. The number of hydrogen-bond acceptors (Lipinski definition) is 4. The van der Waals surface area contributed by atoms with Gasteiger partial charge < -0.3 is 8.83 Å². The van der Waals surface area contributed by atoms with Gasteiger partial charge in [0.05, 0.1) is 0 Å². The molecule has 0 saturated carbocycles. The van der Waals surface area contributed by atoms with Crippen molar-refractivity contribution in [1.29, 1.82) is 0 Å². The summed E-state index contributed by atoms with van der Waals surface area (Å²) in [4.78, 5) is 9.89. The fraction of sp³-hybridized carbons (Fsp3) is 0.153. The zero-order valence-electron chi connectivity index (χ0n) is 36.8. The molecule has 8 aromatic carbocycles. The van der Waals surface area contributed by atoms with Crippen molar-refractivity contribution >= 4 is 22.2 Å². The van der Waals surface area contributed by atoms with Crippen molar-refractivity contribution in [2.75, 3.05) is 0 Å². The minimum absolute atomic E-state index is 0.218. The number of hydrogen-bond donors (Lipinski definition) is 0. The van der Waals surface area contributed by atoms with Crippen LogP contribution in [0.5, 0.6) is 0 Å². The van der Waals surface area contributed by atoms with Crippen LogP contribution in [0, 0.1) is 11.6 Å². The molecule has 3 aliphatic carbocycles. The minimum atomic E-state index is -0.264. The van der Waals surface area contributed by atoms with Crippen LogP contribution in [0.1, 0.15) is 74.9 Å². The van der Waals surface area contributed by atoms with E-state index in [-0.39, 0.29) is 27.9 Å². The minimum Gasteiger partial charge on any atom is -0.436 e. The molecule has 6 heteroatoms. The third-order valence-electron chi connectivity index (χ3n) is 14.9. The second-order valence-corrected chi connectivity index (χ2v) is 19.7. The van der Waals surface area contributed by atoms with Crippen molar-refractivity contribution in [2.24, 2.45) is 0 Å². The van der Waals surface area contributed by atoms with Crippen LogP contribution in [0.4, 0.5) is 8.78 Å². The maximum atomic E-state index is 13.6. The summed E-state index contributed by atoms with van der Waals surface area (Å²) in [5, 5.41) is 0. The predicted octanol–water partition coefficient (Wildman–Crippen LogP) is 15.8. The van der Waals surface area contributed by atoms with Gasteiger partial charge in [0.25, 0.3) is 0 Å². The number of benzene rings is 8. The zero-order chi connectivity index (χ0) is 44.3. The Morgan fingerprint density at radius 3 is 1.00 bits per heavy atom. The Hall–Kier alpha value is -7.44. The summed E-state index contributed by atoms with van der Waals surface area (Å²) in [5.74, 6) is 0.651. The van der Waals surface area contributed by atoms with E-state index in [1.54, 1.807) is 24.3 Å². The van der Waals surface area contributed by atoms with E-state index < -0.39 is 0 Å². The van der Waals surface area contributed by atoms with Gasteiger partial charge >= 0.3 is 0 Å². The van der Waals surface area contributed by atoms with Crippen LogP contribution < -0.4 is 0 Å². The molecule has 4 nitrogen and oxygen atoms in total. The number of fused-ring (bicyclic) bond motifs is 11. The molecular weight excluding hydrogens is 807 g/mol. The lowest BCUT2D eigenvalue weighted by molar-refractivity contribution is 0.618. The van der Waals surface area contributed by atoms with Crippen molar-refractivity contribution in [2.45, 2.75) is 57.8 Å². The molecule has 0 atom stereocenters. The van der Waals surface area contributed by atoms with Crippen molar-refractivity contribution in [3.8, 4) is 78.5 Å². The maximum Gasteiger partial charge on any atom is 0.227 e. The van der Waals surface area contributed by atoms with Crippen molar-refractivity contribution in [1.82, 2.24) is 9.97 Å². The van der Waals surface area contributed by atoms with Crippen molar-refractivity contribution < 1.29 is 17.6 Å². The molecule has 0 spiro atoms. The van der Waals surface area contributed by atoms with Crippen molar-refractivity contribution in [3.63, 3.8) is 0 Å². The molecule has 10 aromatic rings. The second kappa shape index (κ2) is 12.9. The highest BCUT2D eigenvalue weighted by Gasteiger charge is 2.45. The molecule has 0 saturated heterocycles. The van der Waals surface area contributed by atoms with E-state index in [1.165, 1.54) is 91.0 Å². The van der Waals surface area contributed by atoms with E-state index in [4.69, 9.17) is 18.8 Å². The van der Waals surface area contributed by atoms with Crippen LogP contribution in [0.2, 0.25) is 0 Å². The second-order valence-electron chi connectivity index (χ2n) is 19.7. The normalized spacial score (nSPS) is 15.4. The first-order valence-electron chi connectivity index (χ1n) is 22.2. The number of rotatable bonds is 4. The van der Waals surface area contributed by atoms with Gasteiger partial charge in [-0.05, 0) is 186 Å². The topological polar surface area (TPSA) is 52.1 Å². The molecule has 314 valence electrons. The Morgan fingerprint density at radius 1 is 0.323 bits per heavy atom. The summed E-state index contributed by atoms with van der Waals surface area (Å²) in [5.41, 5.74) is 23.4. The monoisotopic (exact) mass is 848 g/mol. The zero-order valence-corrected chi connectivity index (χ0v) is 36.8. The predicted molar refractivity (Wildman–Crippen MR) is 256 cm³/mol. The first-order valence-corrected chi connectivity index (χ1v) is 22.2. The van der Waals surface area contributed by atoms with Crippen LogP contribution >= 0.6 is 0 Å². The van der Waals surface area contributed by atoms with Crippen LogP contribution in [-0.4, -0.2) is 9.97 Å². The molecule has 3 aliphatic rings. The lowest BCUT2D eigenvalue weighted by Crippen LogP contribution is -2.17. The van der Waals surface area contributed by atoms with E-state index in [0.717, 1.165) is 44.4 Å². The Balaban J connectivity index is 0.843. The molecule has 0 bridgehead atoms. The van der Waals surface area contributed by atoms with E-state index in [0.29, 0.717) is 22.9 Å². The quantitative estimate of drug-likeness (QED) is 0.177. The SMILES string of the molecule is CC1(C)c2cc(-c3nc4cc(-c5ccc(F)cc5)ccc4o3)ccc2-c2cc3c(cc21)-c1cc2c(cc1C3(C)C)-c1ccc(-c3nc4cc(-c5ccc(F)cc5)ccc4o3)cc1C2(C)C. The molecule has 0 fully saturated rings. The van der Waals surface area contributed by atoms with Gasteiger partial charge in [0.2, 0.25) is 11.8 Å². The number of nitrogens with zero attached hydrogens (tertiary/aromatic N) is 2. The van der Waals surface area contributed by atoms with Gasteiger partial charge in [0, 0.05) is 27.4 Å². The highest BCUT2D eigenvalue weighted by molar-refractivity contribution is 5.94. The highest BCUT2D eigenvalue weighted by atomic mass is 19.1. The van der Waals surface area contributed by atoms with Crippen LogP contribution in [0.3, 0.4) is 0 Å². The molecule has 13 rings (SSSR count). The fourth-order valence-corrected chi connectivity index (χ4v) is 11.2. The Morgan fingerprint density at radius 2 is 0.631 bits per heavy atom. The van der Waals surface area contributed by atoms with Crippen molar-refractivity contribution in [3.05, 3.63) is 191 Å². The lowest BCUT2D eigenvalue weighted by Gasteiger charge is -2.25. The van der Waals surface area contributed by atoms with Crippen LogP contribution in [0.25, 0.3) is 101 Å². The fourth-order valence-electron chi connectivity index (χ4n) is 11.2. The van der Waals surface area contributed by atoms with Gasteiger partial charge in [-0.1, -0.05) is 90.1 Å². The third kappa shape index (κ3) is 5.40. The lowest BCUT2D eigenvalue weighted by atomic mass is 9.78. The molecule has 0 amide bonds. The summed E-state index contributed by atoms with van der Waals surface area (Å²) < 4.78 is 40.0. The average Bonchev–Trinajstić information content (AvgIpc) is 4.08. The van der Waals surface area contributed by atoms with E-state index in [2.05, 4.69) is 102 Å². The molecule has 0 radical (unpaired) electrons. The highest BCUT2D eigenvalue weighted by Crippen LogP contribution is 2.59. The first kappa shape index (κ1) is 38.1. The Bertz CT molecular complexity index is 3460. The van der Waals surface area contributed by atoms with Gasteiger partial charge in [0.15, 0.2) is 11.2 Å². The average molecular weight is 849 g/mol. The Labute approximate surface area is 375 Å². The van der Waals surface area contributed by atoms with Crippen LogP contribution in [-0.2, 0) is 16.2 Å². The molecule has 0 N–H and O–H groups in total. The summed E-state index contributed by atoms with van der Waals surface area (Å²) in [6, 6.07) is 48.1. The smallest absolute Gasteiger partial charge is 0.227 e. The van der Waals surface area contributed by atoms with Gasteiger partial charge in [-0.25, -0.2) is 18.7 Å². The molecule has 0 unspecified atom stereocenters. The molecule has 2 aromatic heterocycles. The summed E-state index contributed by atoms with van der Waals surface area (Å²) in [7, 11) is 0. The van der Waals surface area contributed by atoms with Gasteiger partial charge in [0.1, 0.15) is 22.7 Å². The van der Waals surface area contributed by atoms with E-state index >= 15 is 0 Å². The molecule has 65 heavy (non-hydrogen) atoms. The van der Waals surface area contributed by atoms with Gasteiger partial charge in [-0.2, -0.15) is 0 Å². The number of oxazole rings is 2. The largest absolute Gasteiger partial charge is 0.436 e. The molecular formula is C59H42F2N2O2. The summed E-state index contributed by atoms with van der Waals surface area (Å²) in [6.07, 6.45) is 0. The summed E-state index contributed by atoms with van der Waals surface area (Å²) in [6.45, 7) is 14.1. The number of halogens is 2. The standard InChI is InChI=1S/C59H42F2N2O2/c1-57(2)45-23-35(55-62-51-25-33(13-21-53(51)64-55)31-7-15-37(60)16-8-31)11-19-39(45)41-27-49-43(29-47(41)57)44-30-48-42(28-50(44)59(49,5)6)40-20-12-36(24-46(40)58(48,3)4)56-63-52-26-34(14-22-54(52)65-56)32-9-17-38(61)18-10-32/h7-30H,1-6H3. The maximum absolute atomic E-state index is 13.6. The van der Waals surface area contributed by atoms with E-state index in [1.807, 2.05) is 36.4 Å². The number of aromatic nitrogens is 2. The molecule has 2 heterocycles. The van der Waals surface area contributed by atoms with E-state index in [9.17, 15) is 8.78 Å². The third-order valence-corrected chi connectivity index (χ3v) is 14.9. The van der Waals surface area contributed by atoms with Crippen LogP contribution in [0.15, 0.2) is 154 Å². The first-order chi connectivity index (χ1) is 31.2. The van der Waals surface area contributed by atoms with Gasteiger partial charge in [-0.3, -0.25) is 0 Å². The Kier molecular flexibility index (Phi) is 7.52.